The van der Waals surface area contributed by atoms with Crippen LogP contribution in [0.15, 0.2) is 108 Å². The Balaban J connectivity index is 1.32. The van der Waals surface area contributed by atoms with E-state index in [1.165, 1.54) is 9.87 Å². The largest absolute Gasteiger partial charge is 0.489 e. The normalized spacial score (nSPS) is 11.3. The molecule has 0 unspecified atom stereocenters. The molecule has 0 atom stereocenters. The molecule has 0 bridgehead atoms. The van der Waals surface area contributed by atoms with Gasteiger partial charge in [0, 0.05) is 5.56 Å². The Morgan fingerprint density at radius 2 is 1.53 bits per heavy atom. The molecule has 0 aromatic heterocycles. The lowest BCUT2D eigenvalue weighted by molar-refractivity contribution is 0.0955. The summed E-state index contributed by atoms with van der Waals surface area (Å²) in [6.07, 6.45) is 2.70. The second kappa shape index (κ2) is 12.2. The lowest BCUT2D eigenvalue weighted by Crippen LogP contribution is -2.29. The molecule has 8 heteroatoms. The third kappa shape index (κ3) is 7.54. The van der Waals surface area contributed by atoms with Gasteiger partial charge in [0.25, 0.3) is 5.91 Å². The smallest absolute Gasteiger partial charge is 0.271 e. The average molecular weight is 528 g/mol. The van der Waals surface area contributed by atoms with Crippen molar-refractivity contribution in [3.63, 3.8) is 0 Å². The maximum atomic E-state index is 12.5. The van der Waals surface area contributed by atoms with Gasteiger partial charge in [-0.25, -0.2) is 13.8 Å². The summed E-state index contributed by atoms with van der Waals surface area (Å²) in [6, 6.07) is 31.3. The highest BCUT2D eigenvalue weighted by Crippen LogP contribution is 2.21. The van der Waals surface area contributed by atoms with Crippen LogP contribution in [0.4, 0.5) is 5.69 Å². The molecule has 0 aliphatic carbocycles. The molecule has 0 aliphatic rings. The summed E-state index contributed by atoms with van der Waals surface area (Å²) in [5.74, 6) is 0.335. The monoisotopic (exact) mass is 527 g/mol. The first-order valence-electron chi connectivity index (χ1n) is 12.0. The van der Waals surface area contributed by atoms with E-state index in [4.69, 9.17) is 4.74 Å². The molecule has 4 rings (SSSR count). The fraction of sp³-hybridized carbons (Fsp3) is 0.133. The third-order valence-electron chi connectivity index (χ3n) is 5.77. The van der Waals surface area contributed by atoms with Crippen molar-refractivity contribution < 1.29 is 17.9 Å². The Morgan fingerprint density at radius 1 is 0.868 bits per heavy atom. The SMILES string of the molecule is Cc1ccc(COc2ccc(/C=N/NC(=O)c3ccc(N(Cc4ccccc4)S(C)(=O)=O)cc3)cc2)cc1. The number of carbonyl (C=O) groups is 1. The van der Waals surface area contributed by atoms with E-state index in [0.29, 0.717) is 17.9 Å². The quantitative estimate of drug-likeness (QED) is 0.224. The number of carbonyl (C=O) groups excluding carboxylic acids is 1. The van der Waals surface area contributed by atoms with Crippen molar-refractivity contribution in [1.82, 2.24) is 5.43 Å². The number of sulfonamides is 1. The zero-order chi connectivity index (χ0) is 27.0. The van der Waals surface area contributed by atoms with Gasteiger partial charge in [-0.1, -0.05) is 60.2 Å². The number of benzene rings is 4. The summed E-state index contributed by atoms with van der Waals surface area (Å²) in [7, 11) is -3.52. The second-order valence-corrected chi connectivity index (χ2v) is 10.8. The number of anilines is 1. The number of rotatable bonds is 10. The summed E-state index contributed by atoms with van der Waals surface area (Å²) in [6.45, 7) is 2.73. The lowest BCUT2D eigenvalue weighted by Gasteiger charge is -2.22. The molecule has 1 N–H and O–H groups in total. The maximum Gasteiger partial charge on any atom is 0.271 e. The molecule has 7 nitrogen and oxygen atoms in total. The zero-order valence-corrected chi connectivity index (χ0v) is 22.1. The summed E-state index contributed by atoms with van der Waals surface area (Å²) in [4.78, 5) is 12.5. The van der Waals surface area contributed by atoms with Crippen molar-refractivity contribution >= 4 is 27.8 Å². The molecule has 0 radical (unpaired) electrons. The molecular weight excluding hydrogens is 498 g/mol. The topological polar surface area (TPSA) is 88.1 Å². The van der Waals surface area contributed by atoms with Gasteiger partial charge >= 0.3 is 0 Å². The third-order valence-corrected chi connectivity index (χ3v) is 6.91. The lowest BCUT2D eigenvalue weighted by atomic mass is 10.2. The fourth-order valence-electron chi connectivity index (χ4n) is 3.66. The Labute approximate surface area is 223 Å². The Kier molecular flexibility index (Phi) is 8.55. The molecule has 0 saturated heterocycles. The first-order chi connectivity index (χ1) is 18.3. The van der Waals surface area contributed by atoms with Gasteiger partial charge in [0.15, 0.2) is 0 Å². The first kappa shape index (κ1) is 26.6. The van der Waals surface area contributed by atoms with E-state index in [1.807, 2.05) is 73.7 Å². The summed E-state index contributed by atoms with van der Waals surface area (Å²) >= 11 is 0. The van der Waals surface area contributed by atoms with Gasteiger partial charge < -0.3 is 4.74 Å². The molecule has 4 aromatic carbocycles. The number of nitrogens with one attached hydrogen (secondary N) is 1. The van der Waals surface area contributed by atoms with Crippen LogP contribution >= 0.6 is 0 Å². The van der Waals surface area contributed by atoms with Crippen molar-refractivity contribution in [1.29, 1.82) is 0 Å². The van der Waals surface area contributed by atoms with E-state index in [2.05, 4.69) is 22.7 Å². The van der Waals surface area contributed by atoms with Crippen molar-refractivity contribution in [3.8, 4) is 5.75 Å². The van der Waals surface area contributed by atoms with Gasteiger partial charge in [-0.15, -0.1) is 0 Å². The highest BCUT2D eigenvalue weighted by Gasteiger charge is 2.18. The molecule has 0 fully saturated rings. The zero-order valence-electron chi connectivity index (χ0n) is 21.2. The molecule has 1 amide bonds. The molecule has 194 valence electrons. The van der Waals surface area contributed by atoms with E-state index in [0.717, 1.165) is 28.7 Å². The van der Waals surface area contributed by atoms with E-state index in [-0.39, 0.29) is 6.54 Å². The van der Waals surface area contributed by atoms with Crippen molar-refractivity contribution in [2.75, 3.05) is 10.6 Å². The van der Waals surface area contributed by atoms with Gasteiger partial charge in [0.2, 0.25) is 10.0 Å². The number of hydrogen-bond donors (Lipinski definition) is 1. The number of amides is 1. The van der Waals surface area contributed by atoms with Crippen LogP contribution in [0.2, 0.25) is 0 Å². The summed E-state index contributed by atoms with van der Waals surface area (Å²) < 4.78 is 31.9. The number of aryl methyl sites for hydroxylation is 1. The van der Waals surface area contributed by atoms with E-state index >= 15 is 0 Å². The standard InChI is InChI=1S/C30H29N3O4S/c1-23-8-10-26(11-9-23)22-37-29-18-12-24(13-19-29)20-31-32-30(34)27-14-16-28(17-15-27)33(38(2,35)36)21-25-6-4-3-5-7-25/h3-20H,21-22H2,1-2H3,(H,32,34)/b31-20+. The minimum Gasteiger partial charge on any atom is -0.489 e. The van der Waals surface area contributed by atoms with Gasteiger partial charge in [-0.3, -0.25) is 9.10 Å². The number of nitrogens with zero attached hydrogens (tertiary/aromatic N) is 2. The van der Waals surface area contributed by atoms with Crippen LogP contribution in [0.5, 0.6) is 5.75 Å². The maximum absolute atomic E-state index is 12.5. The van der Waals surface area contributed by atoms with Crippen LogP contribution in [0.1, 0.15) is 32.6 Å². The van der Waals surface area contributed by atoms with Crippen LogP contribution in [-0.4, -0.2) is 26.8 Å². The molecule has 0 spiro atoms. The molecular formula is C30H29N3O4S. The van der Waals surface area contributed by atoms with Gasteiger partial charge in [0.1, 0.15) is 12.4 Å². The van der Waals surface area contributed by atoms with Gasteiger partial charge in [-0.05, 0) is 72.1 Å². The van der Waals surface area contributed by atoms with Crippen molar-refractivity contribution in [2.24, 2.45) is 5.10 Å². The molecule has 0 saturated carbocycles. The van der Waals surface area contributed by atoms with E-state index in [1.54, 1.807) is 30.5 Å². The van der Waals surface area contributed by atoms with E-state index < -0.39 is 15.9 Å². The van der Waals surface area contributed by atoms with Gasteiger partial charge in [-0.2, -0.15) is 5.10 Å². The number of ether oxygens (including phenoxy) is 1. The van der Waals surface area contributed by atoms with E-state index in [9.17, 15) is 13.2 Å². The Bertz CT molecular complexity index is 1480. The molecule has 0 aliphatic heterocycles. The molecule has 4 aromatic rings. The van der Waals surface area contributed by atoms with Crippen LogP contribution in [0, 0.1) is 6.92 Å². The van der Waals surface area contributed by atoms with Crippen LogP contribution in [0.25, 0.3) is 0 Å². The Morgan fingerprint density at radius 3 is 2.16 bits per heavy atom. The van der Waals surface area contributed by atoms with Crippen molar-refractivity contribution in [3.05, 3.63) is 131 Å². The van der Waals surface area contributed by atoms with Crippen LogP contribution < -0.4 is 14.5 Å². The summed E-state index contributed by atoms with van der Waals surface area (Å²) in [5, 5.41) is 4.03. The number of hydrazone groups is 1. The molecule has 38 heavy (non-hydrogen) atoms. The predicted molar refractivity (Wildman–Crippen MR) is 151 cm³/mol. The second-order valence-electron chi connectivity index (χ2n) is 8.84. The predicted octanol–water partition coefficient (Wildman–Crippen LogP) is 5.30. The van der Waals surface area contributed by atoms with Crippen molar-refractivity contribution in [2.45, 2.75) is 20.1 Å². The highest BCUT2D eigenvalue weighted by molar-refractivity contribution is 7.92. The number of hydrogen-bond acceptors (Lipinski definition) is 5. The first-order valence-corrected chi connectivity index (χ1v) is 13.9. The Hall–Kier alpha value is -4.43. The molecule has 0 heterocycles. The minimum atomic E-state index is -3.52. The van der Waals surface area contributed by atoms with Crippen LogP contribution in [-0.2, 0) is 23.2 Å². The fourth-order valence-corrected chi connectivity index (χ4v) is 4.55. The average Bonchev–Trinajstić information content (AvgIpc) is 2.92. The minimum absolute atomic E-state index is 0.200. The highest BCUT2D eigenvalue weighted by atomic mass is 32.2. The van der Waals surface area contributed by atoms with Crippen LogP contribution in [0.3, 0.4) is 0 Å². The van der Waals surface area contributed by atoms with Gasteiger partial charge in [0.05, 0.1) is 24.7 Å². The summed E-state index contributed by atoms with van der Waals surface area (Å²) in [5.41, 5.74) is 7.29.